The number of carbonyl (C=O) groups is 2. The molecule has 2 aliphatic heterocycles. The van der Waals surface area contributed by atoms with Gasteiger partial charge in [-0.05, 0) is 26.7 Å². The first kappa shape index (κ1) is 21.1. The lowest BCUT2D eigenvalue weighted by Gasteiger charge is -2.38. The predicted molar refractivity (Wildman–Crippen MR) is 98.8 cm³/mol. The van der Waals surface area contributed by atoms with Gasteiger partial charge in [-0.15, -0.1) is 0 Å². The van der Waals surface area contributed by atoms with Crippen LogP contribution in [0.25, 0.3) is 0 Å². The van der Waals surface area contributed by atoms with Crippen LogP contribution in [0, 0.1) is 0 Å². The maximum Gasteiger partial charge on any atom is 0.321 e. The average Bonchev–Trinajstić information content (AvgIpc) is 2.91. The molecule has 0 radical (unpaired) electrons. The summed E-state index contributed by atoms with van der Waals surface area (Å²) in [6, 6.07) is -0.993. The van der Waals surface area contributed by atoms with E-state index >= 15 is 0 Å². The van der Waals surface area contributed by atoms with Gasteiger partial charge in [0.25, 0.3) is 10.2 Å². The van der Waals surface area contributed by atoms with Crippen LogP contribution in [0.4, 0.5) is 4.79 Å². The van der Waals surface area contributed by atoms with Crippen molar-refractivity contribution in [2.24, 2.45) is 0 Å². The summed E-state index contributed by atoms with van der Waals surface area (Å²) in [6.45, 7) is 6.79. The molecule has 26 heavy (non-hydrogen) atoms. The minimum absolute atomic E-state index is 0.359. The van der Waals surface area contributed by atoms with Crippen molar-refractivity contribution >= 4 is 22.1 Å². The minimum Gasteiger partial charge on any atom is -0.338 e. The molecule has 2 heterocycles. The highest BCUT2D eigenvalue weighted by molar-refractivity contribution is 7.86. The number of urea groups is 1. The quantitative estimate of drug-likeness (QED) is 0.687. The molecule has 0 aromatic rings. The molecule has 0 aromatic carbocycles. The fraction of sp³-hybridized carbons (Fsp3) is 0.875. The molecule has 0 spiro atoms. The van der Waals surface area contributed by atoms with Gasteiger partial charge in [0.2, 0.25) is 5.91 Å². The van der Waals surface area contributed by atoms with E-state index in [1.165, 1.54) is 4.31 Å². The number of nitrogens with zero attached hydrogens (tertiary/aromatic N) is 3. The van der Waals surface area contributed by atoms with E-state index in [4.69, 9.17) is 0 Å². The van der Waals surface area contributed by atoms with Gasteiger partial charge in [0.1, 0.15) is 0 Å². The van der Waals surface area contributed by atoms with Crippen molar-refractivity contribution in [3.63, 3.8) is 0 Å². The molecule has 2 fully saturated rings. The highest BCUT2D eigenvalue weighted by atomic mass is 32.2. The Morgan fingerprint density at radius 1 is 0.923 bits per heavy atom. The SMILES string of the molecule is CCNC(=O)NC(=O)[C@@H](C)N1CCN(S(=O)(=O)N2CCCCCC2)CC1. The lowest BCUT2D eigenvalue weighted by Crippen LogP contribution is -2.58. The minimum atomic E-state index is -3.43. The van der Waals surface area contributed by atoms with Gasteiger partial charge in [0, 0.05) is 45.8 Å². The maximum atomic E-state index is 12.8. The third-order valence-electron chi connectivity index (χ3n) is 4.99. The summed E-state index contributed by atoms with van der Waals surface area (Å²) in [5.41, 5.74) is 0. The van der Waals surface area contributed by atoms with Crippen molar-refractivity contribution in [3.8, 4) is 0 Å². The van der Waals surface area contributed by atoms with Crippen LogP contribution >= 0.6 is 0 Å². The normalized spacial score (nSPS) is 22.4. The zero-order valence-corrected chi connectivity index (χ0v) is 16.6. The Balaban J connectivity index is 1.87. The molecular formula is C16H31N5O4S. The zero-order chi connectivity index (χ0) is 19.2. The summed E-state index contributed by atoms with van der Waals surface area (Å²) < 4.78 is 28.8. The fourth-order valence-electron chi connectivity index (χ4n) is 3.34. The maximum absolute atomic E-state index is 12.8. The first-order chi connectivity index (χ1) is 12.4. The van der Waals surface area contributed by atoms with E-state index in [0.29, 0.717) is 45.8 Å². The first-order valence-corrected chi connectivity index (χ1v) is 10.8. The van der Waals surface area contributed by atoms with Crippen LogP contribution < -0.4 is 10.6 Å². The molecular weight excluding hydrogens is 358 g/mol. The van der Waals surface area contributed by atoms with Crippen molar-refractivity contribution in [3.05, 3.63) is 0 Å². The molecule has 150 valence electrons. The van der Waals surface area contributed by atoms with Crippen LogP contribution in [0.3, 0.4) is 0 Å². The molecule has 0 aliphatic carbocycles. The summed E-state index contributed by atoms with van der Waals surface area (Å²) in [4.78, 5) is 25.5. The molecule has 0 saturated carbocycles. The molecule has 1 atom stereocenters. The van der Waals surface area contributed by atoms with Gasteiger partial charge >= 0.3 is 6.03 Å². The van der Waals surface area contributed by atoms with E-state index in [-0.39, 0.29) is 5.91 Å². The van der Waals surface area contributed by atoms with E-state index in [9.17, 15) is 18.0 Å². The number of nitrogens with one attached hydrogen (secondary N) is 2. The molecule has 0 aromatic heterocycles. The van der Waals surface area contributed by atoms with Gasteiger partial charge in [-0.25, -0.2) is 4.79 Å². The second-order valence-corrected chi connectivity index (χ2v) is 8.71. The van der Waals surface area contributed by atoms with E-state index in [1.807, 2.05) is 4.90 Å². The lowest BCUT2D eigenvalue weighted by molar-refractivity contribution is -0.125. The molecule has 2 saturated heterocycles. The standard InChI is InChI=1S/C16H31N5O4S/c1-3-17-16(23)18-15(22)14(2)19-10-12-21(13-11-19)26(24,25)20-8-6-4-5-7-9-20/h14H,3-13H2,1-2H3,(H2,17,18,22,23)/t14-/m1/s1. The van der Waals surface area contributed by atoms with Gasteiger partial charge in [0.05, 0.1) is 6.04 Å². The Morgan fingerprint density at radius 3 is 2.00 bits per heavy atom. The van der Waals surface area contributed by atoms with Crippen LogP contribution in [0.1, 0.15) is 39.5 Å². The van der Waals surface area contributed by atoms with Gasteiger partial charge < -0.3 is 5.32 Å². The van der Waals surface area contributed by atoms with Crippen LogP contribution in [-0.4, -0.2) is 85.7 Å². The monoisotopic (exact) mass is 389 g/mol. The third kappa shape index (κ3) is 5.38. The molecule has 0 unspecified atom stereocenters. The average molecular weight is 390 g/mol. The van der Waals surface area contributed by atoms with E-state index < -0.39 is 22.3 Å². The number of amides is 3. The van der Waals surface area contributed by atoms with Crippen LogP contribution in [-0.2, 0) is 15.0 Å². The van der Waals surface area contributed by atoms with Crippen molar-refractivity contribution in [2.75, 3.05) is 45.8 Å². The van der Waals surface area contributed by atoms with Crippen molar-refractivity contribution in [1.29, 1.82) is 0 Å². The van der Waals surface area contributed by atoms with Crippen LogP contribution in [0.5, 0.6) is 0 Å². The summed E-state index contributed by atoms with van der Waals surface area (Å²) in [7, 11) is -3.43. The van der Waals surface area contributed by atoms with Crippen LogP contribution in [0.2, 0.25) is 0 Å². The predicted octanol–water partition coefficient (Wildman–Crippen LogP) is -0.0410. The molecule has 9 nitrogen and oxygen atoms in total. The number of rotatable bonds is 5. The van der Waals surface area contributed by atoms with E-state index in [0.717, 1.165) is 25.7 Å². The lowest BCUT2D eigenvalue weighted by atomic mass is 10.2. The second-order valence-electron chi connectivity index (χ2n) is 6.78. The highest BCUT2D eigenvalue weighted by Crippen LogP contribution is 2.18. The smallest absolute Gasteiger partial charge is 0.321 e. The molecule has 2 N–H and O–H groups in total. The molecule has 0 bridgehead atoms. The first-order valence-electron chi connectivity index (χ1n) is 9.44. The third-order valence-corrected chi connectivity index (χ3v) is 7.03. The summed E-state index contributed by atoms with van der Waals surface area (Å²) >= 11 is 0. The number of hydrogen-bond donors (Lipinski definition) is 2. The fourth-order valence-corrected chi connectivity index (χ4v) is 5.02. The van der Waals surface area contributed by atoms with Gasteiger partial charge in [-0.1, -0.05) is 12.8 Å². The van der Waals surface area contributed by atoms with Crippen LogP contribution in [0.15, 0.2) is 0 Å². The van der Waals surface area contributed by atoms with E-state index in [2.05, 4.69) is 10.6 Å². The Bertz CT molecular complexity index is 581. The van der Waals surface area contributed by atoms with Crippen molar-refractivity contribution in [2.45, 2.75) is 45.6 Å². The van der Waals surface area contributed by atoms with Gasteiger partial charge in [-0.2, -0.15) is 17.0 Å². The van der Waals surface area contributed by atoms with Gasteiger partial charge in [0.15, 0.2) is 0 Å². The summed E-state index contributed by atoms with van der Waals surface area (Å²) in [5.74, 6) is -0.375. The van der Waals surface area contributed by atoms with Gasteiger partial charge in [-0.3, -0.25) is 15.0 Å². The van der Waals surface area contributed by atoms with Crippen molar-refractivity contribution < 1.29 is 18.0 Å². The van der Waals surface area contributed by atoms with E-state index in [1.54, 1.807) is 18.2 Å². The summed E-state index contributed by atoms with van der Waals surface area (Å²) in [5, 5.41) is 4.83. The number of piperazine rings is 1. The number of hydrogen-bond acceptors (Lipinski definition) is 5. The highest BCUT2D eigenvalue weighted by Gasteiger charge is 2.34. The Kier molecular flexibility index (Phi) is 7.81. The second kappa shape index (κ2) is 9.63. The number of imide groups is 1. The Hall–Kier alpha value is -1.23. The number of carbonyl (C=O) groups excluding carboxylic acids is 2. The molecule has 10 heteroatoms. The Labute approximate surface area is 156 Å². The Morgan fingerprint density at radius 2 is 1.46 bits per heavy atom. The topological polar surface area (TPSA) is 102 Å². The molecule has 2 aliphatic rings. The summed E-state index contributed by atoms with van der Waals surface area (Å²) in [6.07, 6.45) is 3.99. The molecule has 3 amide bonds. The zero-order valence-electron chi connectivity index (χ0n) is 15.7. The van der Waals surface area contributed by atoms with Crippen molar-refractivity contribution in [1.82, 2.24) is 24.1 Å². The largest absolute Gasteiger partial charge is 0.338 e. The molecule has 2 rings (SSSR count).